The molecule has 100 valence electrons. The predicted octanol–water partition coefficient (Wildman–Crippen LogP) is 0.449. The van der Waals surface area contributed by atoms with Crippen LogP contribution in [0.3, 0.4) is 0 Å². The molecule has 0 saturated carbocycles. The summed E-state index contributed by atoms with van der Waals surface area (Å²) in [6.07, 6.45) is 2.70. The molecule has 0 aromatic rings. The zero-order valence-corrected chi connectivity index (χ0v) is 11.3. The average Bonchev–Trinajstić information content (AvgIpc) is 2.30. The van der Waals surface area contributed by atoms with Gasteiger partial charge in [0, 0.05) is 13.1 Å². The van der Waals surface area contributed by atoms with Crippen LogP contribution >= 0.6 is 0 Å². The highest BCUT2D eigenvalue weighted by Crippen LogP contribution is 2.14. The summed E-state index contributed by atoms with van der Waals surface area (Å²) in [5, 5.41) is 0. The Kier molecular flexibility index (Phi) is 5.39. The van der Waals surface area contributed by atoms with Gasteiger partial charge in [-0.1, -0.05) is 19.8 Å². The molecule has 1 saturated heterocycles. The molecule has 6 heteroatoms. The molecule has 1 heterocycles. The van der Waals surface area contributed by atoms with Crippen LogP contribution in [0.5, 0.6) is 0 Å². The van der Waals surface area contributed by atoms with Crippen LogP contribution in [0.1, 0.15) is 26.2 Å². The number of sulfone groups is 1. The van der Waals surface area contributed by atoms with Gasteiger partial charge in [-0.05, 0) is 6.42 Å². The van der Waals surface area contributed by atoms with Crippen LogP contribution in [0.4, 0.5) is 0 Å². The maximum atomic E-state index is 11.7. The van der Waals surface area contributed by atoms with Crippen molar-refractivity contribution in [3.63, 3.8) is 0 Å². The first-order chi connectivity index (χ1) is 8.00. The topological polar surface area (TPSA) is 63.7 Å². The minimum atomic E-state index is -2.90. The van der Waals surface area contributed by atoms with Crippen molar-refractivity contribution in [2.45, 2.75) is 32.2 Å². The van der Waals surface area contributed by atoms with Crippen LogP contribution in [0.2, 0.25) is 0 Å². The van der Waals surface area contributed by atoms with Crippen molar-refractivity contribution in [1.29, 1.82) is 0 Å². The van der Waals surface area contributed by atoms with Crippen LogP contribution < -0.4 is 0 Å². The Hall–Kier alpha value is -0.620. The van der Waals surface area contributed by atoms with E-state index in [1.165, 1.54) is 7.11 Å². The number of ether oxygens (including phenoxy) is 1. The van der Waals surface area contributed by atoms with Gasteiger partial charge in [-0.2, -0.15) is 0 Å². The Balaban J connectivity index is 2.61. The second-order valence-electron chi connectivity index (χ2n) is 4.37. The van der Waals surface area contributed by atoms with Gasteiger partial charge in [0.15, 0.2) is 9.84 Å². The lowest BCUT2D eigenvalue weighted by atomic mass is 10.1. The molecule has 0 aromatic carbocycles. The molecule has 0 aromatic heterocycles. The molecule has 0 spiro atoms. The largest absolute Gasteiger partial charge is 0.468 e. The Morgan fingerprint density at radius 2 is 1.94 bits per heavy atom. The first-order valence-electron chi connectivity index (χ1n) is 6.02. The molecule has 1 fully saturated rings. The van der Waals surface area contributed by atoms with Crippen LogP contribution in [-0.2, 0) is 19.4 Å². The van der Waals surface area contributed by atoms with Gasteiger partial charge >= 0.3 is 5.97 Å². The molecule has 17 heavy (non-hydrogen) atoms. The van der Waals surface area contributed by atoms with Gasteiger partial charge in [0.1, 0.15) is 6.04 Å². The summed E-state index contributed by atoms with van der Waals surface area (Å²) in [5.74, 6) is 0.0388. The van der Waals surface area contributed by atoms with E-state index in [1.807, 2.05) is 4.90 Å². The molecule has 1 atom stereocenters. The van der Waals surface area contributed by atoms with E-state index in [-0.39, 0.29) is 23.5 Å². The van der Waals surface area contributed by atoms with Crippen LogP contribution in [0.15, 0.2) is 0 Å². The molecule has 1 aliphatic rings. The highest BCUT2D eigenvalue weighted by molar-refractivity contribution is 7.91. The molecule has 1 rings (SSSR count). The van der Waals surface area contributed by atoms with Crippen LogP contribution in [0, 0.1) is 0 Å². The van der Waals surface area contributed by atoms with E-state index >= 15 is 0 Å². The zero-order valence-electron chi connectivity index (χ0n) is 10.5. The first-order valence-corrected chi connectivity index (χ1v) is 7.84. The Labute approximate surface area is 103 Å². The number of methoxy groups -OCH3 is 1. The molecule has 0 aliphatic carbocycles. The molecule has 0 N–H and O–H groups in total. The van der Waals surface area contributed by atoms with Gasteiger partial charge < -0.3 is 4.74 Å². The lowest BCUT2D eigenvalue weighted by molar-refractivity contribution is -0.147. The summed E-state index contributed by atoms with van der Waals surface area (Å²) >= 11 is 0. The first kappa shape index (κ1) is 14.4. The standard InChI is InChI=1S/C11H21NO4S/c1-3-4-5-10(11(13)16-2)12-6-8-17(14,15)9-7-12/h10H,3-9H2,1-2H3. The minimum absolute atomic E-state index is 0.145. The quantitative estimate of drug-likeness (QED) is 0.674. The predicted molar refractivity (Wildman–Crippen MR) is 65.6 cm³/mol. The Morgan fingerprint density at radius 3 is 2.41 bits per heavy atom. The highest BCUT2D eigenvalue weighted by atomic mass is 32.2. The van der Waals surface area contributed by atoms with E-state index in [9.17, 15) is 13.2 Å². The molecule has 5 nitrogen and oxygen atoms in total. The van der Waals surface area contributed by atoms with Crippen LogP contribution in [0.25, 0.3) is 0 Å². The van der Waals surface area contributed by atoms with E-state index in [1.54, 1.807) is 0 Å². The summed E-state index contributed by atoms with van der Waals surface area (Å²) in [6.45, 7) is 2.94. The number of hydrogen-bond acceptors (Lipinski definition) is 5. The van der Waals surface area contributed by atoms with Gasteiger partial charge in [0.2, 0.25) is 0 Å². The number of unbranched alkanes of at least 4 members (excludes halogenated alkanes) is 1. The third kappa shape index (κ3) is 4.27. The van der Waals surface area contributed by atoms with E-state index in [0.29, 0.717) is 13.1 Å². The fourth-order valence-electron chi connectivity index (χ4n) is 2.02. The Morgan fingerprint density at radius 1 is 1.35 bits per heavy atom. The van der Waals surface area contributed by atoms with Crippen molar-refractivity contribution in [2.24, 2.45) is 0 Å². The molecule has 1 unspecified atom stereocenters. The van der Waals surface area contributed by atoms with Crippen molar-refractivity contribution in [3.8, 4) is 0 Å². The average molecular weight is 263 g/mol. The summed E-state index contributed by atoms with van der Waals surface area (Å²) in [4.78, 5) is 13.6. The number of esters is 1. The van der Waals surface area contributed by atoms with E-state index in [0.717, 1.165) is 19.3 Å². The fraction of sp³-hybridized carbons (Fsp3) is 0.909. The van der Waals surface area contributed by atoms with Gasteiger partial charge in [0.25, 0.3) is 0 Å². The van der Waals surface area contributed by atoms with Gasteiger partial charge in [-0.3, -0.25) is 9.69 Å². The summed E-state index contributed by atoms with van der Waals surface area (Å²) in [7, 11) is -1.52. The van der Waals surface area contributed by atoms with Crippen molar-refractivity contribution in [2.75, 3.05) is 31.7 Å². The number of carbonyl (C=O) groups is 1. The lowest BCUT2D eigenvalue weighted by Gasteiger charge is -2.32. The van der Waals surface area contributed by atoms with Crippen molar-refractivity contribution in [1.82, 2.24) is 4.90 Å². The molecular formula is C11H21NO4S. The molecular weight excluding hydrogens is 242 g/mol. The van der Waals surface area contributed by atoms with E-state index < -0.39 is 9.84 Å². The number of nitrogens with zero attached hydrogens (tertiary/aromatic N) is 1. The maximum Gasteiger partial charge on any atom is 0.323 e. The van der Waals surface area contributed by atoms with E-state index in [4.69, 9.17) is 4.74 Å². The highest BCUT2D eigenvalue weighted by Gasteiger charge is 2.31. The number of hydrogen-bond donors (Lipinski definition) is 0. The van der Waals surface area contributed by atoms with Gasteiger partial charge in [0.05, 0.1) is 18.6 Å². The van der Waals surface area contributed by atoms with Crippen molar-refractivity contribution >= 4 is 15.8 Å². The van der Waals surface area contributed by atoms with Crippen molar-refractivity contribution in [3.05, 3.63) is 0 Å². The maximum absolute atomic E-state index is 11.7. The minimum Gasteiger partial charge on any atom is -0.468 e. The second kappa shape index (κ2) is 6.35. The normalized spacial score (nSPS) is 22.0. The second-order valence-corrected chi connectivity index (χ2v) is 6.67. The smallest absolute Gasteiger partial charge is 0.323 e. The molecule has 1 aliphatic heterocycles. The van der Waals surface area contributed by atoms with Gasteiger partial charge in [-0.25, -0.2) is 8.42 Å². The van der Waals surface area contributed by atoms with Crippen LogP contribution in [-0.4, -0.2) is 57.0 Å². The van der Waals surface area contributed by atoms with Gasteiger partial charge in [-0.15, -0.1) is 0 Å². The molecule has 0 bridgehead atoms. The SMILES string of the molecule is CCCCC(C(=O)OC)N1CCS(=O)(=O)CC1. The van der Waals surface area contributed by atoms with E-state index in [2.05, 4.69) is 6.92 Å². The summed E-state index contributed by atoms with van der Waals surface area (Å²) < 4.78 is 27.4. The summed E-state index contributed by atoms with van der Waals surface area (Å²) in [6, 6.07) is -0.282. The third-order valence-electron chi connectivity index (χ3n) is 3.12. The monoisotopic (exact) mass is 263 g/mol. The number of rotatable bonds is 5. The molecule has 0 amide bonds. The fourth-order valence-corrected chi connectivity index (χ4v) is 3.25. The molecule has 0 radical (unpaired) electrons. The lowest BCUT2D eigenvalue weighted by Crippen LogP contribution is -2.49. The Bertz CT molecular complexity index is 338. The van der Waals surface area contributed by atoms with Crippen molar-refractivity contribution < 1.29 is 17.9 Å². The zero-order chi connectivity index (χ0) is 12.9. The number of carbonyl (C=O) groups excluding carboxylic acids is 1. The summed E-state index contributed by atoms with van der Waals surface area (Å²) in [5.41, 5.74) is 0. The third-order valence-corrected chi connectivity index (χ3v) is 4.73.